The highest BCUT2D eigenvalue weighted by Crippen LogP contribution is 2.07. The number of hydrogen-bond acceptors (Lipinski definition) is 1. The number of carbonyl (C=O) groups is 1. The van der Waals surface area contributed by atoms with Crippen molar-refractivity contribution >= 4 is 6.03 Å². The number of urea groups is 1. The molecule has 0 radical (unpaired) electrons. The van der Waals surface area contributed by atoms with E-state index in [4.69, 9.17) is 0 Å². The third kappa shape index (κ3) is 17.1. The summed E-state index contributed by atoms with van der Waals surface area (Å²) in [7, 11) is 0. The molecule has 0 saturated heterocycles. The van der Waals surface area contributed by atoms with Crippen LogP contribution in [0.2, 0.25) is 0 Å². The molecule has 0 atom stereocenters. The van der Waals surface area contributed by atoms with Crippen LogP contribution in [0.5, 0.6) is 0 Å². The zero-order chi connectivity index (χ0) is 16.3. The van der Waals surface area contributed by atoms with Crippen LogP contribution in [0.4, 0.5) is 4.79 Å². The maximum absolute atomic E-state index is 11.4. The summed E-state index contributed by atoms with van der Waals surface area (Å²) < 4.78 is 0. The van der Waals surface area contributed by atoms with Crippen LogP contribution in [-0.4, -0.2) is 19.1 Å². The molecule has 0 aliphatic rings. The first kappa shape index (κ1) is 21.0. The SMILES string of the molecule is CCCC/C=C\CCCCCCCCNC(=O)NCCCC. The van der Waals surface area contributed by atoms with E-state index in [1.807, 2.05) is 0 Å². The Balaban J connectivity index is 3.14. The Hall–Kier alpha value is -0.990. The van der Waals surface area contributed by atoms with Crippen LogP contribution in [0, 0.1) is 0 Å². The minimum absolute atomic E-state index is 0.0108. The van der Waals surface area contributed by atoms with Gasteiger partial charge in [0.15, 0.2) is 0 Å². The van der Waals surface area contributed by atoms with Gasteiger partial charge in [-0.05, 0) is 32.1 Å². The topological polar surface area (TPSA) is 41.1 Å². The highest BCUT2D eigenvalue weighted by molar-refractivity contribution is 5.73. The second-order valence-corrected chi connectivity index (χ2v) is 6.06. The average molecular weight is 311 g/mol. The Morgan fingerprint density at radius 3 is 1.82 bits per heavy atom. The van der Waals surface area contributed by atoms with Gasteiger partial charge in [0, 0.05) is 13.1 Å². The first-order chi connectivity index (χ1) is 10.8. The van der Waals surface area contributed by atoms with E-state index in [1.54, 1.807) is 0 Å². The molecule has 2 amide bonds. The van der Waals surface area contributed by atoms with Crippen LogP contribution in [0.15, 0.2) is 12.2 Å². The lowest BCUT2D eigenvalue weighted by Crippen LogP contribution is -2.36. The number of unbranched alkanes of at least 4 members (excludes halogenated alkanes) is 9. The van der Waals surface area contributed by atoms with Crippen LogP contribution in [0.3, 0.4) is 0 Å². The number of amides is 2. The predicted octanol–water partition coefficient (Wildman–Crippen LogP) is 5.56. The molecule has 0 unspecified atom stereocenters. The summed E-state index contributed by atoms with van der Waals surface area (Å²) >= 11 is 0. The molecule has 3 heteroatoms. The van der Waals surface area contributed by atoms with Crippen molar-refractivity contribution in [3.63, 3.8) is 0 Å². The second-order valence-electron chi connectivity index (χ2n) is 6.06. The molecular formula is C19H38N2O. The summed E-state index contributed by atoms with van der Waals surface area (Å²) in [6, 6.07) is -0.0108. The Labute approximate surface area is 138 Å². The van der Waals surface area contributed by atoms with Crippen molar-refractivity contribution < 1.29 is 4.79 Å². The van der Waals surface area contributed by atoms with Crippen molar-refractivity contribution in [2.45, 2.75) is 90.9 Å². The maximum Gasteiger partial charge on any atom is 0.314 e. The molecule has 22 heavy (non-hydrogen) atoms. The van der Waals surface area contributed by atoms with Crippen molar-refractivity contribution in [3.8, 4) is 0 Å². The summed E-state index contributed by atoms with van der Waals surface area (Å²) in [5.74, 6) is 0. The molecule has 0 aromatic rings. The van der Waals surface area contributed by atoms with Crippen LogP contribution in [-0.2, 0) is 0 Å². The second kappa shape index (κ2) is 18.1. The minimum Gasteiger partial charge on any atom is -0.338 e. The van der Waals surface area contributed by atoms with Crippen LogP contribution >= 0.6 is 0 Å². The van der Waals surface area contributed by atoms with E-state index in [2.05, 4.69) is 36.6 Å². The van der Waals surface area contributed by atoms with Gasteiger partial charge in [-0.3, -0.25) is 0 Å². The van der Waals surface area contributed by atoms with E-state index in [9.17, 15) is 4.79 Å². The molecular weight excluding hydrogens is 272 g/mol. The fourth-order valence-electron chi connectivity index (χ4n) is 2.30. The quantitative estimate of drug-likeness (QED) is 0.301. The van der Waals surface area contributed by atoms with Crippen molar-refractivity contribution in [2.24, 2.45) is 0 Å². The first-order valence-electron chi connectivity index (χ1n) is 9.48. The van der Waals surface area contributed by atoms with Crippen molar-refractivity contribution in [1.82, 2.24) is 10.6 Å². The van der Waals surface area contributed by atoms with Gasteiger partial charge in [-0.15, -0.1) is 0 Å². The van der Waals surface area contributed by atoms with E-state index in [0.717, 1.165) is 32.4 Å². The fraction of sp³-hybridized carbons (Fsp3) is 0.842. The van der Waals surface area contributed by atoms with Crippen LogP contribution in [0.1, 0.15) is 90.9 Å². The fourth-order valence-corrected chi connectivity index (χ4v) is 2.30. The van der Waals surface area contributed by atoms with Gasteiger partial charge in [-0.1, -0.05) is 70.9 Å². The van der Waals surface area contributed by atoms with E-state index < -0.39 is 0 Å². The summed E-state index contributed by atoms with van der Waals surface area (Å²) in [6.07, 6.45) is 19.5. The third-order valence-electron chi connectivity index (χ3n) is 3.79. The Morgan fingerprint density at radius 1 is 0.682 bits per heavy atom. The number of hydrogen-bond donors (Lipinski definition) is 2. The van der Waals surface area contributed by atoms with Crippen LogP contribution in [0.25, 0.3) is 0 Å². The van der Waals surface area contributed by atoms with Gasteiger partial charge < -0.3 is 10.6 Å². The minimum atomic E-state index is -0.0108. The summed E-state index contributed by atoms with van der Waals surface area (Å²) in [6.45, 7) is 5.96. The molecule has 130 valence electrons. The Morgan fingerprint density at radius 2 is 1.18 bits per heavy atom. The van der Waals surface area contributed by atoms with E-state index in [0.29, 0.717) is 0 Å². The molecule has 0 aliphatic heterocycles. The summed E-state index contributed by atoms with van der Waals surface area (Å²) in [5, 5.41) is 5.79. The van der Waals surface area contributed by atoms with Gasteiger partial charge >= 0.3 is 6.03 Å². The van der Waals surface area contributed by atoms with Gasteiger partial charge in [-0.25, -0.2) is 4.79 Å². The van der Waals surface area contributed by atoms with Crippen molar-refractivity contribution in [3.05, 3.63) is 12.2 Å². The lowest BCUT2D eigenvalue weighted by atomic mass is 10.1. The summed E-state index contributed by atoms with van der Waals surface area (Å²) in [4.78, 5) is 11.4. The standard InChI is InChI=1S/C19H38N2O/c1-3-5-7-8-9-10-11-12-13-14-15-16-18-21-19(22)20-17-6-4-2/h8-9H,3-7,10-18H2,1-2H3,(H2,20,21,22)/b9-8-. The largest absolute Gasteiger partial charge is 0.338 e. The average Bonchev–Trinajstić information content (AvgIpc) is 2.52. The molecule has 0 aromatic heterocycles. The zero-order valence-electron chi connectivity index (χ0n) is 15.0. The number of nitrogens with one attached hydrogen (secondary N) is 2. The monoisotopic (exact) mass is 310 g/mol. The molecule has 3 nitrogen and oxygen atoms in total. The van der Waals surface area contributed by atoms with E-state index in [1.165, 1.54) is 57.8 Å². The van der Waals surface area contributed by atoms with E-state index in [-0.39, 0.29) is 6.03 Å². The lowest BCUT2D eigenvalue weighted by Gasteiger charge is -2.06. The molecule has 0 aromatic carbocycles. The maximum atomic E-state index is 11.4. The number of carbonyl (C=O) groups excluding carboxylic acids is 1. The highest BCUT2D eigenvalue weighted by atomic mass is 16.2. The molecule has 0 spiro atoms. The zero-order valence-corrected chi connectivity index (χ0v) is 15.0. The predicted molar refractivity (Wildman–Crippen MR) is 97.3 cm³/mol. The Bertz CT molecular complexity index is 264. The highest BCUT2D eigenvalue weighted by Gasteiger charge is 1.97. The molecule has 0 fully saturated rings. The molecule has 2 N–H and O–H groups in total. The van der Waals surface area contributed by atoms with Crippen molar-refractivity contribution in [1.29, 1.82) is 0 Å². The van der Waals surface area contributed by atoms with Gasteiger partial charge in [0.1, 0.15) is 0 Å². The van der Waals surface area contributed by atoms with Gasteiger partial charge in [0.05, 0.1) is 0 Å². The number of allylic oxidation sites excluding steroid dienone is 2. The molecule has 0 saturated carbocycles. The molecule has 0 aliphatic carbocycles. The van der Waals surface area contributed by atoms with Crippen LogP contribution < -0.4 is 10.6 Å². The molecule has 0 heterocycles. The lowest BCUT2D eigenvalue weighted by molar-refractivity contribution is 0.240. The van der Waals surface area contributed by atoms with E-state index >= 15 is 0 Å². The van der Waals surface area contributed by atoms with Gasteiger partial charge in [-0.2, -0.15) is 0 Å². The molecule has 0 bridgehead atoms. The van der Waals surface area contributed by atoms with Gasteiger partial charge in [0.25, 0.3) is 0 Å². The smallest absolute Gasteiger partial charge is 0.314 e. The third-order valence-corrected chi connectivity index (χ3v) is 3.79. The normalized spacial score (nSPS) is 11.0. The number of rotatable bonds is 15. The molecule has 0 rings (SSSR count). The Kier molecular flexibility index (Phi) is 17.2. The van der Waals surface area contributed by atoms with Gasteiger partial charge in [0.2, 0.25) is 0 Å². The first-order valence-corrected chi connectivity index (χ1v) is 9.48. The summed E-state index contributed by atoms with van der Waals surface area (Å²) in [5.41, 5.74) is 0. The van der Waals surface area contributed by atoms with Crippen molar-refractivity contribution in [2.75, 3.05) is 13.1 Å².